The van der Waals surface area contributed by atoms with Gasteiger partial charge in [0, 0.05) is 18.7 Å². The molecule has 0 bridgehead atoms. The summed E-state index contributed by atoms with van der Waals surface area (Å²) >= 11 is 0. The number of halogens is 1. The molecule has 0 unspecified atom stereocenters. The number of anilines is 1. The van der Waals surface area contributed by atoms with Gasteiger partial charge in [0.15, 0.2) is 0 Å². The molecule has 1 N–H and O–H groups in total. The topological polar surface area (TPSA) is 58.4 Å². The van der Waals surface area contributed by atoms with Crippen molar-refractivity contribution in [3.8, 4) is 0 Å². The van der Waals surface area contributed by atoms with E-state index in [0.29, 0.717) is 12.5 Å². The van der Waals surface area contributed by atoms with Gasteiger partial charge in [0.1, 0.15) is 11.5 Å². The van der Waals surface area contributed by atoms with E-state index < -0.39 is 10.7 Å². The average Bonchev–Trinajstić information content (AvgIpc) is 2.45. The number of nitro groups is 1. The molecular weight excluding hydrogens is 261 g/mol. The van der Waals surface area contributed by atoms with Crippen LogP contribution in [0.25, 0.3) is 0 Å². The van der Waals surface area contributed by atoms with Crippen LogP contribution in [-0.4, -0.2) is 36.0 Å². The molecule has 1 aromatic rings. The summed E-state index contributed by atoms with van der Waals surface area (Å²) < 4.78 is 13.2. The summed E-state index contributed by atoms with van der Waals surface area (Å²) in [4.78, 5) is 12.8. The van der Waals surface area contributed by atoms with Gasteiger partial charge in [-0.05, 0) is 44.5 Å². The standard InChI is InChI=1S/C14H20FN3O2/c1-2-17-7-5-11(6-8-17)10-16-13-9-12(15)3-4-14(13)18(19)20/h3-4,9,11,16H,2,5-8,10H2,1H3. The van der Waals surface area contributed by atoms with Crippen molar-refractivity contribution in [1.29, 1.82) is 0 Å². The molecule has 0 saturated carbocycles. The fraction of sp³-hybridized carbons (Fsp3) is 0.571. The van der Waals surface area contributed by atoms with E-state index in [1.165, 1.54) is 12.1 Å². The van der Waals surface area contributed by atoms with E-state index in [4.69, 9.17) is 0 Å². The fourth-order valence-corrected chi connectivity index (χ4v) is 2.57. The van der Waals surface area contributed by atoms with Crippen molar-refractivity contribution in [2.45, 2.75) is 19.8 Å². The second-order valence-corrected chi connectivity index (χ2v) is 5.18. The summed E-state index contributed by atoms with van der Waals surface area (Å²) in [6.45, 7) is 5.99. The van der Waals surface area contributed by atoms with Gasteiger partial charge in [-0.25, -0.2) is 4.39 Å². The lowest BCUT2D eigenvalue weighted by Gasteiger charge is -2.31. The van der Waals surface area contributed by atoms with Crippen LogP contribution in [0.15, 0.2) is 18.2 Å². The number of nitrogens with zero attached hydrogens (tertiary/aromatic N) is 2. The minimum atomic E-state index is -0.485. The van der Waals surface area contributed by atoms with E-state index in [1.54, 1.807) is 0 Å². The van der Waals surface area contributed by atoms with Gasteiger partial charge in [-0.1, -0.05) is 6.92 Å². The lowest BCUT2D eigenvalue weighted by Crippen LogP contribution is -2.35. The monoisotopic (exact) mass is 281 g/mol. The van der Waals surface area contributed by atoms with E-state index in [0.717, 1.165) is 38.5 Å². The molecule has 0 aromatic heterocycles. The minimum absolute atomic E-state index is 0.0719. The van der Waals surface area contributed by atoms with Gasteiger partial charge in [-0.2, -0.15) is 0 Å². The molecule has 1 aliphatic rings. The Morgan fingerprint density at radius 2 is 2.15 bits per heavy atom. The molecular formula is C14H20FN3O2. The molecule has 1 heterocycles. The van der Waals surface area contributed by atoms with Crippen molar-refractivity contribution in [3.05, 3.63) is 34.1 Å². The molecule has 20 heavy (non-hydrogen) atoms. The lowest BCUT2D eigenvalue weighted by molar-refractivity contribution is -0.384. The Morgan fingerprint density at radius 1 is 1.45 bits per heavy atom. The summed E-state index contributed by atoms with van der Waals surface area (Å²) in [7, 11) is 0. The Labute approximate surface area is 117 Å². The van der Waals surface area contributed by atoms with Crippen molar-refractivity contribution in [3.63, 3.8) is 0 Å². The zero-order valence-electron chi connectivity index (χ0n) is 11.6. The quantitative estimate of drug-likeness (QED) is 0.666. The highest BCUT2D eigenvalue weighted by atomic mass is 19.1. The fourth-order valence-electron chi connectivity index (χ4n) is 2.57. The molecule has 1 saturated heterocycles. The Bertz CT molecular complexity index is 473. The van der Waals surface area contributed by atoms with Gasteiger partial charge in [0.25, 0.3) is 5.69 Å². The van der Waals surface area contributed by atoms with Crippen molar-refractivity contribution in [2.24, 2.45) is 5.92 Å². The first kappa shape index (κ1) is 14.7. The molecule has 6 heteroatoms. The van der Waals surface area contributed by atoms with Crippen LogP contribution in [0, 0.1) is 21.8 Å². The highest BCUT2D eigenvalue weighted by Gasteiger charge is 2.20. The molecule has 0 aliphatic carbocycles. The third-order valence-electron chi connectivity index (χ3n) is 3.89. The van der Waals surface area contributed by atoms with Gasteiger partial charge in [-0.3, -0.25) is 10.1 Å². The minimum Gasteiger partial charge on any atom is -0.379 e. The maximum absolute atomic E-state index is 13.2. The number of rotatable bonds is 5. The van der Waals surface area contributed by atoms with E-state index in [-0.39, 0.29) is 11.4 Å². The Kier molecular flexibility index (Phi) is 4.89. The SMILES string of the molecule is CCN1CCC(CNc2cc(F)ccc2[N+](=O)[O-])CC1. The van der Waals surface area contributed by atoms with E-state index in [9.17, 15) is 14.5 Å². The molecule has 110 valence electrons. The van der Waals surface area contributed by atoms with Gasteiger partial charge in [0.05, 0.1) is 4.92 Å². The van der Waals surface area contributed by atoms with Crippen LogP contribution in [-0.2, 0) is 0 Å². The first-order valence-electron chi connectivity index (χ1n) is 7.00. The van der Waals surface area contributed by atoms with E-state index in [1.807, 2.05) is 0 Å². The number of hydrogen-bond acceptors (Lipinski definition) is 4. The third kappa shape index (κ3) is 3.66. The highest BCUT2D eigenvalue weighted by molar-refractivity contribution is 5.61. The first-order chi connectivity index (χ1) is 9.60. The third-order valence-corrected chi connectivity index (χ3v) is 3.89. The summed E-state index contributed by atoms with van der Waals surface area (Å²) in [5.74, 6) is 0.0274. The largest absolute Gasteiger partial charge is 0.379 e. The second kappa shape index (κ2) is 6.65. The number of likely N-dealkylation sites (tertiary alicyclic amines) is 1. The van der Waals surface area contributed by atoms with Crippen molar-refractivity contribution in [1.82, 2.24) is 4.90 Å². The van der Waals surface area contributed by atoms with Crippen LogP contribution in [0.5, 0.6) is 0 Å². The van der Waals surface area contributed by atoms with E-state index in [2.05, 4.69) is 17.1 Å². The predicted octanol–water partition coefficient (Wildman–Crippen LogP) is 2.88. The van der Waals surface area contributed by atoms with Gasteiger partial charge in [-0.15, -0.1) is 0 Å². The van der Waals surface area contributed by atoms with Crippen molar-refractivity contribution < 1.29 is 9.31 Å². The zero-order chi connectivity index (χ0) is 14.5. The average molecular weight is 281 g/mol. The second-order valence-electron chi connectivity index (χ2n) is 5.18. The summed E-state index contributed by atoms with van der Waals surface area (Å²) in [6.07, 6.45) is 2.15. The molecule has 5 nitrogen and oxygen atoms in total. The molecule has 1 fully saturated rings. The van der Waals surface area contributed by atoms with Crippen LogP contribution in [0.4, 0.5) is 15.8 Å². The molecule has 2 rings (SSSR count). The molecule has 0 radical (unpaired) electrons. The summed E-state index contributed by atoms with van der Waals surface area (Å²) in [6, 6.07) is 3.51. The molecule has 1 aromatic carbocycles. The number of piperidine rings is 1. The zero-order valence-corrected chi connectivity index (χ0v) is 11.6. The smallest absolute Gasteiger partial charge is 0.292 e. The van der Waals surface area contributed by atoms with Crippen LogP contribution in [0.3, 0.4) is 0 Å². The predicted molar refractivity (Wildman–Crippen MR) is 76.4 cm³/mol. The van der Waals surface area contributed by atoms with Crippen LogP contribution in [0.2, 0.25) is 0 Å². The maximum atomic E-state index is 13.2. The molecule has 0 amide bonds. The van der Waals surface area contributed by atoms with Crippen LogP contribution >= 0.6 is 0 Å². The van der Waals surface area contributed by atoms with Gasteiger partial charge in [0.2, 0.25) is 0 Å². The Hall–Kier alpha value is -1.69. The molecule has 0 atom stereocenters. The summed E-state index contributed by atoms with van der Waals surface area (Å²) in [5.41, 5.74) is 0.199. The number of nitro benzene ring substituents is 1. The van der Waals surface area contributed by atoms with E-state index >= 15 is 0 Å². The lowest BCUT2D eigenvalue weighted by atomic mass is 9.96. The number of benzene rings is 1. The Morgan fingerprint density at radius 3 is 2.75 bits per heavy atom. The molecule has 1 aliphatic heterocycles. The van der Waals surface area contributed by atoms with Crippen molar-refractivity contribution >= 4 is 11.4 Å². The number of hydrogen-bond donors (Lipinski definition) is 1. The van der Waals surface area contributed by atoms with Gasteiger partial charge < -0.3 is 10.2 Å². The highest BCUT2D eigenvalue weighted by Crippen LogP contribution is 2.26. The van der Waals surface area contributed by atoms with Crippen molar-refractivity contribution in [2.75, 3.05) is 31.5 Å². The van der Waals surface area contributed by atoms with Gasteiger partial charge >= 0.3 is 0 Å². The molecule has 0 spiro atoms. The Balaban J connectivity index is 1.94. The van der Waals surface area contributed by atoms with Crippen LogP contribution < -0.4 is 5.32 Å². The summed E-state index contributed by atoms with van der Waals surface area (Å²) in [5, 5.41) is 13.9. The first-order valence-corrected chi connectivity index (χ1v) is 7.00. The van der Waals surface area contributed by atoms with Crippen LogP contribution in [0.1, 0.15) is 19.8 Å². The maximum Gasteiger partial charge on any atom is 0.292 e. The number of nitrogens with one attached hydrogen (secondary N) is 1. The normalized spacial score (nSPS) is 17.1.